The van der Waals surface area contributed by atoms with Gasteiger partial charge in [-0.3, -0.25) is 0 Å². The third kappa shape index (κ3) is 6.98. The third-order valence-corrected chi connectivity index (χ3v) is 24.4. The number of fused-ring (bicyclic) bond motifs is 8. The van der Waals surface area contributed by atoms with Gasteiger partial charge in [0, 0.05) is 44.7 Å². The highest BCUT2D eigenvalue weighted by molar-refractivity contribution is 7.03. The molecule has 0 fully saturated rings. The first-order valence-electron chi connectivity index (χ1n) is 25.8. The zero-order valence-corrected chi connectivity index (χ0v) is 46.7. The average molecular weight is 972 g/mol. The number of nitrogens with zero attached hydrogens (tertiary/aromatic N) is 2. The molecule has 2 aliphatic carbocycles. The number of hydrogen-bond acceptors (Lipinski definition) is 2. The number of rotatable bonds is 8. The maximum atomic E-state index is 2.58. The Labute approximate surface area is 425 Å². The van der Waals surface area contributed by atoms with Gasteiger partial charge in [0.2, 0.25) is 0 Å². The highest BCUT2D eigenvalue weighted by Crippen LogP contribution is 2.53. The molecule has 2 nitrogen and oxygen atoms in total. The van der Waals surface area contributed by atoms with Crippen LogP contribution in [0.15, 0.2) is 182 Å². The van der Waals surface area contributed by atoms with E-state index in [1.807, 2.05) is 0 Å². The van der Waals surface area contributed by atoms with E-state index >= 15 is 0 Å². The summed E-state index contributed by atoms with van der Waals surface area (Å²) in [5.41, 5.74) is 20.7. The number of anilines is 6. The van der Waals surface area contributed by atoms with E-state index in [0.29, 0.717) is 0 Å². The molecule has 0 saturated heterocycles. The quantitative estimate of drug-likeness (QED) is 0.140. The lowest BCUT2D eigenvalue weighted by Crippen LogP contribution is -2.56. The number of benzene rings is 9. The molecule has 0 unspecified atom stereocenters. The van der Waals surface area contributed by atoms with E-state index in [1.54, 1.807) is 0 Å². The third-order valence-electron chi connectivity index (χ3n) is 16.8. The summed E-state index contributed by atoms with van der Waals surface area (Å²) in [7, 11) is -5.34. The van der Waals surface area contributed by atoms with Crippen molar-refractivity contribution in [3.05, 3.63) is 204 Å². The van der Waals surface area contributed by atoms with Crippen molar-refractivity contribution in [2.75, 3.05) is 9.80 Å². The lowest BCUT2D eigenvalue weighted by Gasteiger charge is -2.37. The van der Waals surface area contributed by atoms with Gasteiger partial charge in [-0.1, -0.05) is 206 Å². The molecule has 0 atom stereocenters. The Morgan fingerprint density at radius 3 is 1.30 bits per heavy atom. The molecule has 12 rings (SSSR count). The van der Waals surface area contributed by atoms with Crippen molar-refractivity contribution in [3.8, 4) is 33.4 Å². The van der Waals surface area contributed by atoms with Crippen LogP contribution in [0.1, 0.15) is 49.9 Å². The molecule has 0 saturated carbocycles. The Kier molecular flexibility index (Phi) is 10.1. The summed E-state index contributed by atoms with van der Waals surface area (Å²) in [5.74, 6) is 0. The average Bonchev–Trinajstić information content (AvgIpc) is 3.72. The van der Waals surface area contributed by atoms with Crippen LogP contribution in [0, 0.1) is 0 Å². The smallest absolute Gasteiger partial charge is 0.113 e. The van der Waals surface area contributed by atoms with Gasteiger partial charge in [-0.15, -0.1) is 0 Å². The van der Waals surface area contributed by atoms with Crippen molar-refractivity contribution in [1.29, 1.82) is 0 Å². The fraction of sp³-hybridized carbons (Fsp3) is 0.212. The molecule has 0 amide bonds. The van der Waals surface area contributed by atoms with E-state index in [4.69, 9.17) is 0 Å². The maximum absolute atomic E-state index is 2.58. The van der Waals surface area contributed by atoms with E-state index in [9.17, 15) is 0 Å². The summed E-state index contributed by atoms with van der Waals surface area (Å²) in [5, 5.41) is 8.64. The first kappa shape index (κ1) is 45.6. The van der Waals surface area contributed by atoms with Crippen LogP contribution >= 0.6 is 0 Å². The SMILES string of the molecule is CC1(C)c2ccccc2-c2ccc(N(c3ccc([Si](C)(C)C)cc3)c3ccc4c(c3)[Si](C)(C)c3cccc5c(N(c6ccc([Si](C)(C)C)cc6)c6ccc7c(c6)C(C)(C)c6ccccc6-7)ccc-4c35)cc21. The molecule has 1 heterocycles. The van der Waals surface area contributed by atoms with Gasteiger partial charge in [-0.25, -0.2) is 0 Å². The van der Waals surface area contributed by atoms with Crippen LogP contribution in [0.5, 0.6) is 0 Å². The first-order valence-corrected chi connectivity index (χ1v) is 35.8. The topological polar surface area (TPSA) is 6.48 Å². The Morgan fingerprint density at radius 1 is 0.352 bits per heavy atom. The predicted octanol–water partition coefficient (Wildman–Crippen LogP) is 16.3. The molecule has 3 aliphatic rings. The van der Waals surface area contributed by atoms with Crippen LogP contribution < -0.4 is 30.5 Å². The minimum absolute atomic E-state index is 0.0999. The van der Waals surface area contributed by atoms with Gasteiger partial charge < -0.3 is 9.80 Å². The zero-order chi connectivity index (χ0) is 49.6. The van der Waals surface area contributed by atoms with Crippen molar-refractivity contribution in [2.24, 2.45) is 0 Å². The second-order valence-electron chi connectivity index (χ2n) is 24.3. The summed E-state index contributed by atoms with van der Waals surface area (Å²) in [4.78, 5) is 5.07. The second kappa shape index (κ2) is 15.7. The van der Waals surface area contributed by atoms with E-state index < -0.39 is 24.2 Å². The van der Waals surface area contributed by atoms with E-state index in [-0.39, 0.29) is 10.8 Å². The van der Waals surface area contributed by atoms with Crippen molar-refractivity contribution in [2.45, 2.75) is 90.9 Å². The van der Waals surface area contributed by atoms with Crippen LogP contribution in [0.2, 0.25) is 52.4 Å². The first-order chi connectivity index (χ1) is 33.7. The Bertz CT molecular complexity index is 3640. The minimum Gasteiger partial charge on any atom is -0.310 e. The molecule has 9 aromatic carbocycles. The Morgan fingerprint density at radius 2 is 0.775 bits per heavy atom. The molecular formula is C66H66N2Si3. The van der Waals surface area contributed by atoms with Crippen molar-refractivity contribution >= 4 is 89.9 Å². The van der Waals surface area contributed by atoms with Crippen LogP contribution in [0.4, 0.5) is 34.1 Å². The summed E-state index contributed by atoms with van der Waals surface area (Å²) in [6, 6.07) is 70.9. The van der Waals surface area contributed by atoms with Crippen LogP contribution in [0.25, 0.3) is 44.2 Å². The van der Waals surface area contributed by atoms with Gasteiger partial charge >= 0.3 is 0 Å². The fourth-order valence-corrected chi connectivity index (χ4v) is 18.1. The second-order valence-corrected chi connectivity index (χ2v) is 38.8. The van der Waals surface area contributed by atoms with Crippen molar-refractivity contribution < 1.29 is 0 Å². The van der Waals surface area contributed by atoms with Gasteiger partial charge in [-0.2, -0.15) is 0 Å². The molecule has 352 valence electrons. The summed E-state index contributed by atoms with van der Waals surface area (Å²) in [6.45, 7) is 29.3. The van der Waals surface area contributed by atoms with E-state index in [1.165, 1.54) is 121 Å². The lowest BCUT2D eigenvalue weighted by molar-refractivity contribution is 0.660. The minimum atomic E-state index is -2.31. The molecule has 5 heteroatoms. The van der Waals surface area contributed by atoms with Gasteiger partial charge in [0.1, 0.15) is 8.07 Å². The molecule has 71 heavy (non-hydrogen) atoms. The predicted molar refractivity (Wildman–Crippen MR) is 317 cm³/mol. The Hall–Kier alpha value is -6.51. The molecule has 9 aromatic rings. The zero-order valence-electron chi connectivity index (χ0n) is 43.7. The van der Waals surface area contributed by atoms with Gasteiger partial charge in [0.05, 0.1) is 21.8 Å². The normalized spacial score (nSPS) is 15.4. The highest BCUT2D eigenvalue weighted by atomic mass is 28.3. The van der Waals surface area contributed by atoms with E-state index in [0.717, 1.165) is 0 Å². The monoisotopic (exact) mass is 970 g/mol. The summed E-state index contributed by atoms with van der Waals surface area (Å²) in [6.07, 6.45) is 0. The lowest BCUT2D eigenvalue weighted by atomic mass is 9.82. The molecule has 1 aliphatic heterocycles. The van der Waals surface area contributed by atoms with Crippen LogP contribution in [-0.4, -0.2) is 24.2 Å². The van der Waals surface area contributed by atoms with Crippen molar-refractivity contribution in [3.63, 3.8) is 0 Å². The molecule has 0 radical (unpaired) electrons. The summed E-state index contributed by atoms with van der Waals surface area (Å²) < 4.78 is 0. The molecule has 0 aromatic heterocycles. The summed E-state index contributed by atoms with van der Waals surface area (Å²) >= 11 is 0. The van der Waals surface area contributed by atoms with E-state index in [2.05, 4.69) is 272 Å². The standard InChI is InChI=1S/C66H66N2Si3/c1-65(2)57-21-15-13-18-50(57)52-35-28-45(40-59(52)65)67(43-24-31-48(32-25-43)69(5,6)7)47-30-37-54-55-38-39-61(56-20-17-23-62(64(55)56)71(11,12)63(54)42-47)68(44-26-33-49(34-27-44)70(8,9)10)46-29-36-53-51-19-14-16-22-58(51)66(3,4)60(53)41-46/h13-42H,1-12H3. The molecule has 0 N–H and O–H groups in total. The Balaban J connectivity index is 1.02. The van der Waals surface area contributed by atoms with Crippen LogP contribution in [-0.2, 0) is 10.8 Å². The molecular weight excluding hydrogens is 905 g/mol. The molecule has 0 bridgehead atoms. The maximum Gasteiger partial charge on any atom is 0.113 e. The van der Waals surface area contributed by atoms with Gasteiger partial charge in [-0.05, 0) is 138 Å². The van der Waals surface area contributed by atoms with Gasteiger partial charge in [0.15, 0.2) is 0 Å². The number of hydrogen-bond donors (Lipinski definition) is 0. The van der Waals surface area contributed by atoms with Gasteiger partial charge in [0.25, 0.3) is 0 Å². The molecule has 0 spiro atoms. The van der Waals surface area contributed by atoms with Crippen molar-refractivity contribution in [1.82, 2.24) is 0 Å². The highest BCUT2D eigenvalue weighted by Gasteiger charge is 2.40. The van der Waals surface area contributed by atoms with Crippen LogP contribution in [0.3, 0.4) is 0 Å². The largest absolute Gasteiger partial charge is 0.310 e. The fourth-order valence-electron chi connectivity index (χ4n) is 12.7.